The van der Waals surface area contributed by atoms with Gasteiger partial charge < -0.3 is 10.4 Å². The summed E-state index contributed by atoms with van der Waals surface area (Å²) in [6.45, 7) is 1.57. The van der Waals surface area contributed by atoms with Crippen molar-refractivity contribution in [2.75, 3.05) is 0 Å². The highest BCUT2D eigenvalue weighted by Gasteiger charge is 2.63. The van der Waals surface area contributed by atoms with Gasteiger partial charge in [0.1, 0.15) is 5.54 Å². The Kier molecular flexibility index (Phi) is 1.45. The van der Waals surface area contributed by atoms with Crippen LogP contribution in [0.5, 0.6) is 0 Å². The van der Waals surface area contributed by atoms with Crippen LogP contribution in [0.25, 0.3) is 0 Å². The second-order valence-electron chi connectivity index (χ2n) is 4.21. The van der Waals surface area contributed by atoms with Gasteiger partial charge >= 0.3 is 12.0 Å². The van der Waals surface area contributed by atoms with Crippen LogP contribution in [0.2, 0.25) is 0 Å². The number of aliphatic carboxylic acids is 1. The highest BCUT2D eigenvalue weighted by atomic mass is 16.4. The number of hydrogen-bond acceptors (Lipinski definition) is 3. The van der Waals surface area contributed by atoms with Gasteiger partial charge in [0, 0.05) is 0 Å². The topological polar surface area (TPSA) is 95.5 Å². The first kappa shape index (κ1) is 8.98. The first-order chi connectivity index (χ1) is 6.38. The van der Waals surface area contributed by atoms with Crippen LogP contribution in [0.15, 0.2) is 0 Å². The lowest BCUT2D eigenvalue weighted by Gasteiger charge is -2.47. The first-order valence-corrected chi connectivity index (χ1v) is 4.25. The van der Waals surface area contributed by atoms with Crippen molar-refractivity contribution in [1.29, 1.82) is 0 Å². The zero-order valence-corrected chi connectivity index (χ0v) is 7.59. The Balaban J connectivity index is 2.16. The molecule has 2 fully saturated rings. The van der Waals surface area contributed by atoms with E-state index in [1.165, 1.54) is 0 Å². The van der Waals surface area contributed by atoms with Gasteiger partial charge in [0.2, 0.25) is 0 Å². The second kappa shape index (κ2) is 2.26. The summed E-state index contributed by atoms with van der Waals surface area (Å²) in [6.07, 6.45) is 0.319. The van der Waals surface area contributed by atoms with Crippen molar-refractivity contribution >= 4 is 17.9 Å². The van der Waals surface area contributed by atoms with E-state index in [4.69, 9.17) is 5.11 Å². The number of amides is 3. The van der Waals surface area contributed by atoms with E-state index in [9.17, 15) is 14.4 Å². The van der Waals surface area contributed by atoms with E-state index in [1.807, 2.05) is 0 Å². The van der Waals surface area contributed by atoms with Gasteiger partial charge in [-0.2, -0.15) is 0 Å². The van der Waals surface area contributed by atoms with Crippen molar-refractivity contribution in [3.05, 3.63) is 0 Å². The molecule has 3 amide bonds. The molecular formula is C8H10N2O4. The van der Waals surface area contributed by atoms with E-state index >= 15 is 0 Å². The van der Waals surface area contributed by atoms with E-state index in [0.717, 1.165) is 0 Å². The van der Waals surface area contributed by atoms with Crippen molar-refractivity contribution in [3.8, 4) is 0 Å². The molecular weight excluding hydrogens is 188 g/mol. The molecule has 0 atom stereocenters. The molecule has 0 bridgehead atoms. The number of carbonyl (C=O) groups excluding carboxylic acids is 2. The molecule has 0 unspecified atom stereocenters. The number of hydrogen-bond donors (Lipinski definition) is 3. The first-order valence-electron chi connectivity index (χ1n) is 4.25. The standard InChI is InChI=1S/C8H10N2O4/c1-7(5(12)13)2-8(3-7)4(11)9-6(14)10-8/h2-3H2,1H3,(H,12,13)(H2,9,10,11,14). The highest BCUT2D eigenvalue weighted by molar-refractivity contribution is 6.08. The zero-order valence-electron chi connectivity index (χ0n) is 7.59. The van der Waals surface area contributed by atoms with Gasteiger partial charge in [-0.05, 0) is 19.8 Å². The third-order valence-electron chi connectivity index (χ3n) is 2.91. The maximum atomic E-state index is 11.3. The number of imide groups is 1. The minimum atomic E-state index is -0.968. The third-order valence-corrected chi connectivity index (χ3v) is 2.91. The van der Waals surface area contributed by atoms with Crippen molar-refractivity contribution in [1.82, 2.24) is 10.6 Å². The van der Waals surface area contributed by atoms with Gasteiger partial charge in [-0.3, -0.25) is 14.9 Å². The van der Waals surface area contributed by atoms with Crippen molar-refractivity contribution in [2.24, 2.45) is 5.41 Å². The summed E-state index contributed by atoms with van der Waals surface area (Å²) in [5.41, 5.74) is -1.86. The van der Waals surface area contributed by atoms with E-state index in [0.29, 0.717) is 0 Å². The summed E-state index contributed by atoms with van der Waals surface area (Å²) in [6, 6.07) is -0.539. The quantitative estimate of drug-likeness (QED) is 0.492. The van der Waals surface area contributed by atoms with Crippen LogP contribution in [-0.4, -0.2) is 28.6 Å². The molecule has 76 valence electrons. The number of rotatable bonds is 1. The summed E-state index contributed by atoms with van der Waals surface area (Å²) < 4.78 is 0. The molecule has 1 aliphatic heterocycles. The third kappa shape index (κ3) is 0.934. The minimum Gasteiger partial charge on any atom is -0.481 e. The maximum Gasteiger partial charge on any atom is 0.322 e. The molecule has 6 nitrogen and oxygen atoms in total. The molecule has 1 heterocycles. The van der Waals surface area contributed by atoms with Crippen LogP contribution in [0.3, 0.4) is 0 Å². The number of carbonyl (C=O) groups is 3. The smallest absolute Gasteiger partial charge is 0.322 e. The number of nitrogens with one attached hydrogen (secondary N) is 2. The van der Waals surface area contributed by atoms with Crippen molar-refractivity contribution in [3.63, 3.8) is 0 Å². The summed E-state index contributed by atoms with van der Waals surface area (Å²) in [5.74, 6) is -1.35. The lowest BCUT2D eigenvalue weighted by Crippen LogP contribution is -2.63. The Morgan fingerprint density at radius 3 is 2.36 bits per heavy atom. The SMILES string of the molecule is CC1(C(=O)O)CC2(C1)NC(=O)NC2=O. The van der Waals surface area contributed by atoms with Crippen LogP contribution in [0.4, 0.5) is 4.79 Å². The molecule has 0 aromatic heterocycles. The molecule has 1 spiro atoms. The molecule has 1 saturated carbocycles. The number of urea groups is 1. The van der Waals surface area contributed by atoms with Crippen LogP contribution in [0.1, 0.15) is 19.8 Å². The van der Waals surface area contributed by atoms with Gasteiger partial charge in [0.25, 0.3) is 5.91 Å². The van der Waals surface area contributed by atoms with Gasteiger partial charge in [-0.1, -0.05) is 0 Å². The van der Waals surface area contributed by atoms with Gasteiger partial charge in [0.05, 0.1) is 5.41 Å². The van der Waals surface area contributed by atoms with Crippen LogP contribution in [-0.2, 0) is 9.59 Å². The summed E-state index contributed by atoms with van der Waals surface area (Å²) in [5, 5.41) is 13.4. The van der Waals surface area contributed by atoms with E-state index < -0.39 is 28.9 Å². The molecule has 0 aromatic carbocycles. The van der Waals surface area contributed by atoms with Crippen molar-refractivity contribution in [2.45, 2.75) is 25.3 Å². The maximum absolute atomic E-state index is 11.3. The van der Waals surface area contributed by atoms with Crippen LogP contribution in [0, 0.1) is 5.41 Å². The summed E-state index contributed by atoms with van der Waals surface area (Å²) in [4.78, 5) is 33.0. The van der Waals surface area contributed by atoms with Gasteiger partial charge in [-0.15, -0.1) is 0 Å². The molecule has 2 aliphatic rings. The predicted octanol–water partition coefficient (Wildman–Crippen LogP) is -0.551. The fourth-order valence-corrected chi connectivity index (χ4v) is 2.21. The Morgan fingerprint density at radius 2 is 2.00 bits per heavy atom. The molecule has 1 saturated heterocycles. The van der Waals surface area contributed by atoms with E-state index in [-0.39, 0.29) is 12.8 Å². The average Bonchev–Trinajstić information content (AvgIpc) is 2.25. The molecule has 6 heteroatoms. The summed E-state index contributed by atoms with van der Waals surface area (Å²) in [7, 11) is 0. The Labute approximate surface area is 79.7 Å². The van der Waals surface area contributed by atoms with Crippen molar-refractivity contribution < 1.29 is 19.5 Å². The fraction of sp³-hybridized carbons (Fsp3) is 0.625. The number of carboxylic acids is 1. The average molecular weight is 198 g/mol. The van der Waals surface area contributed by atoms with Gasteiger partial charge in [-0.25, -0.2) is 4.79 Å². The predicted molar refractivity (Wildman–Crippen MR) is 44.4 cm³/mol. The van der Waals surface area contributed by atoms with Gasteiger partial charge in [0.15, 0.2) is 0 Å². The molecule has 2 rings (SSSR count). The minimum absolute atomic E-state index is 0.160. The molecule has 3 N–H and O–H groups in total. The largest absolute Gasteiger partial charge is 0.481 e. The number of carboxylic acid groups (broad SMARTS) is 1. The highest BCUT2D eigenvalue weighted by Crippen LogP contribution is 2.49. The Morgan fingerprint density at radius 1 is 1.43 bits per heavy atom. The molecule has 0 radical (unpaired) electrons. The normalized spacial score (nSPS) is 40.4. The molecule has 0 aromatic rings. The van der Waals surface area contributed by atoms with Crippen LogP contribution >= 0.6 is 0 Å². The molecule has 14 heavy (non-hydrogen) atoms. The lowest BCUT2D eigenvalue weighted by atomic mass is 9.58. The van der Waals surface area contributed by atoms with E-state index in [1.54, 1.807) is 6.92 Å². The monoisotopic (exact) mass is 198 g/mol. The van der Waals surface area contributed by atoms with Crippen LogP contribution < -0.4 is 10.6 Å². The Hall–Kier alpha value is -1.59. The van der Waals surface area contributed by atoms with E-state index in [2.05, 4.69) is 10.6 Å². The fourth-order valence-electron chi connectivity index (χ4n) is 2.21. The second-order valence-corrected chi connectivity index (χ2v) is 4.21. The zero-order chi connectivity index (χ0) is 10.6. The summed E-state index contributed by atoms with van der Waals surface area (Å²) >= 11 is 0. The Bertz CT molecular complexity index is 343. The lowest BCUT2D eigenvalue weighted by molar-refractivity contribution is -0.160. The molecule has 1 aliphatic carbocycles.